The Kier molecular flexibility index (Phi) is 5.92. The molecule has 0 N–H and O–H groups in total. The number of fused-ring (bicyclic) bond motifs is 1. The second kappa shape index (κ2) is 8.70. The van der Waals surface area contributed by atoms with Crippen molar-refractivity contribution in [1.29, 1.82) is 0 Å². The summed E-state index contributed by atoms with van der Waals surface area (Å²) >= 11 is 3.37. The highest BCUT2D eigenvalue weighted by Gasteiger charge is 2.39. The molecule has 5 rings (SSSR count). The SMILES string of the molecule is O=C(C1CCCN(S(=O)(=O)c2ccc(F)cc2)C1)N1CCc2sccc2C1c1cccs1. The van der Waals surface area contributed by atoms with E-state index in [-0.39, 0.29) is 29.3 Å². The monoisotopic (exact) mass is 490 g/mol. The zero-order valence-corrected chi connectivity index (χ0v) is 19.8. The van der Waals surface area contributed by atoms with E-state index in [0.717, 1.165) is 23.4 Å². The molecule has 4 heterocycles. The molecule has 0 spiro atoms. The van der Waals surface area contributed by atoms with E-state index in [2.05, 4.69) is 17.5 Å². The van der Waals surface area contributed by atoms with Crippen LogP contribution in [0.4, 0.5) is 4.39 Å². The van der Waals surface area contributed by atoms with Crippen LogP contribution < -0.4 is 0 Å². The minimum Gasteiger partial charge on any atom is -0.330 e. The Labute approximate surface area is 195 Å². The van der Waals surface area contributed by atoms with Crippen molar-refractivity contribution in [3.05, 3.63) is 74.4 Å². The van der Waals surface area contributed by atoms with Gasteiger partial charge in [0.2, 0.25) is 15.9 Å². The van der Waals surface area contributed by atoms with E-state index in [1.54, 1.807) is 22.7 Å². The first-order chi connectivity index (χ1) is 15.4. The summed E-state index contributed by atoms with van der Waals surface area (Å²) < 4.78 is 40.9. The molecule has 3 aromatic rings. The zero-order chi connectivity index (χ0) is 22.3. The molecule has 2 unspecified atom stereocenters. The standard InChI is InChI=1S/C23H23FN2O3S3/c24-17-5-7-18(8-6-17)32(28,29)25-11-1-3-16(15-25)23(27)26-12-9-20-19(10-14-31-20)22(26)21-4-2-13-30-21/h2,4-8,10,13-14,16,22H,1,3,9,11-12,15H2. The van der Waals surface area contributed by atoms with Gasteiger partial charge in [-0.15, -0.1) is 22.7 Å². The number of halogens is 1. The van der Waals surface area contributed by atoms with E-state index in [1.807, 2.05) is 16.3 Å². The lowest BCUT2D eigenvalue weighted by Crippen LogP contribution is -2.49. The van der Waals surface area contributed by atoms with Crippen LogP contribution in [0.3, 0.4) is 0 Å². The minimum atomic E-state index is -3.77. The van der Waals surface area contributed by atoms with Crippen LogP contribution in [0.2, 0.25) is 0 Å². The molecule has 168 valence electrons. The Morgan fingerprint density at radius 1 is 1.03 bits per heavy atom. The van der Waals surface area contributed by atoms with Crippen LogP contribution in [0.25, 0.3) is 0 Å². The summed E-state index contributed by atoms with van der Waals surface area (Å²) in [5.74, 6) is -0.853. The molecule has 5 nitrogen and oxygen atoms in total. The second-order valence-corrected chi connectivity index (χ2v) is 12.1. The van der Waals surface area contributed by atoms with Crippen molar-refractivity contribution < 1.29 is 17.6 Å². The molecule has 2 aliphatic rings. The van der Waals surface area contributed by atoms with Crippen molar-refractivity contribution in [2.24, 2.45) is 5.92 Å². The molecule has 9 heteroatoms. The number of thiophene rings is 2. The molecule has 0 radical (unpaired) electrons. The number of carbonyl (C=O) groups excluding carboxylic acids is 1. The Hall–Kier alpha value is -2.07. The number of benzene rings is 1. The average Bonchev–Trinajstić information content (AvgIpc) is 3.50. The molecule has 2 aromatic heterocycles. The number of carbonyl (C=O) groups is 1. The Balaban J connectivity index is 1.40. The van der Waals surface area contributed by atoms with E-state index < -0.39 is 15.8 Å². The van der Waals surface area contributed by atoms with Crippen molar-refractivity contribution in [2.45, 2.75) is 30.2 Å². The van der Waals surface area contributed by atoms with Crippen LogP contribution >= 0.6 is 22.7 Å². The van der Waals surface area contributed by atoms with Gasteiger partial charge in [-0.3, -0.25) is 4.79 Å². The molecular formula is C23H23FN2O3S3. The number of nitrogens with zero attached hydrogens (tertiary/aromatic N) is 2. The quantitative estimate of drug-likeness (QED) is 0.540. The number of amides is 1. The van der Waals surface area contributed by atoms with Crippen molar-refractivity contribution in [3.63, 3.8) is 0 Å². The first kappa shape index (κ1) is 21.8. The number of rotatable bonds is 4. The first-order valence-corrected chi connectivity index (χ1v) is 13.8. The van der Waals surface area contributed by atoms with Crippen LogP contribution in [-0.4, -0.2) is 43.2 Å². The van der Waals surface area contributed by atoms with Gasteiger partial charge in [0.15, 0.2) is 0 Å². The fourth-order valence-electron chi connectivity index (χ4n) is 4.66. The fourth-order valence-corrected chi connectivity index (χ4v) is 7.94. The summed E-state index contributed by atoms with van der Waals surface area (Å²) in [4.78, 5) is 18.2. The molecular weight excluding hydrogens is 467 g/mol. The first-order valence-electron chi connectivity index (χ1n) is 10.6. The normalized spacial score (nSPS) is 22.0. The zero-order valence-electron chi connectivity index (χ0n) is 17.3. The molecule has 1 amide bonds. The Morgan fingerprint density at radius 2 is 1.84 bits per heavy atom. The van der Waals surface area contributed by atoms with E-state index in [4.69, 9.17) is 0 Å². The van der Waals surface area contributed by atoms with Crippen LogP contribution in [0.5, 0.6) is 0 Å². The summed E-state index contributed by atoms with van der Waals surface area (Å²) in [6.45, 7) is 1.16. The van der Waals surface area contributed by atoms with Crippen LogP contribution in [-0.2, 0) is 21.2 Å². The predicted molar refractivity (Wildman–Crippen MR) is 124 cm³/mol. The molecule has 0 saturated carbocycles. The molecule has 0 aliphatic carbocycles. The maximum absolute atomic E-state index is 13.7. The van der Waals surface area contributed by atoms with E-state index >= 15 is 0 Å². The molecule has 2 aliphatic heterocycles. The van der Waals surface area contributed by atoms with Gasteiger partial charge in [0.05, 0.1) is 16.9 Å². The number of hydrogen-bond donors (Lipinski definition) is 0. The van der Waals surface area contributed by atoms with Crippen LogP contribution in [0.15, 0.2) is 58.1 Å². The molecule has 0 bridgehead atoms. The average molecular weight is 491 g/mol. The van der Waals surface area contributed by atoms with Gasteiger partial charge in [-0.05, 0) is 72.0 Å². The highest BCUT2D eigenvalue weighted by molar-refractivity contribution is 7.89. The summed E-state index contributed by atoms with van der Waals surface area (Å²) in [5.41, 5.74) is 1.18. The van der Waals surface area contributed by atoms with Gasteiger partial charge >= 0.3 is 0 Å². The summed E-state index contributed by atoms with van der Waals surface area (Å²) in [7, 11) is -3.77. The van der Waals surface area contributed by atoms with Crippen molar-refractivity contribution in [3.8, 4) is 0 Å². The van der Waals surface area contributed by atoms with Gasteiger partial charge < -0.3 is 4.90 Å². The fraction of sp³-hybridized carbons (Fsp3) is 0.348. The van der Waals surface area contributed by atoms with Crippen molar-refractivity contribution in [1.82, 2.24) is 9.21 Å². The predicted octanol–water partition coefficient (Wildman–Crippen LogP) is 4.52. The third kappa shape index (κ3) is 3.91. The molecule has 2 atom stereocenters. The smallest absolute Gasteiger partial charge is 0.243 e. The lowest BCUT2D eigenvalue weighted by atomic mass is 9.93. The van der Waals surface area contributed by atoms with Crippen LogP contribution in [0, 0.1) is 11.7 Å². The van der Waals surface area contributed by atoms with E-state index in [9.17, 15) is 17.6 Å². The Bertz CT molecular complexity index is 1210. The minimum absolute atomic E-state index is 0.0132. The van der Waals surface area contributed by atoms with Gasteiger partial charge in [-0.2, -0.15) is 4.31 Å². The van der Waals surface area contributed by atoms with Gasteiger partial charge in [-0.25, -0.2) is 12.8 Å². The summed E-state index contributed by atoms with van der Waals surface area (Å²) in [6.07, 6.45) is 2.11. The van der Waals surface area contributed by atoms with Crippen molar-refractivity contribution in [2.75, 3.05) is 19.6 Å². The summed E-state index contributed by atoms with van der Waals surface area (Å²) in [5, 5.41) is 4.10. The third-order valence-electron chi connectivity index (χ3n) is 6.25. The second-order valence-electron chi connectivity index (χ2n) is 8.15. The van der Waals surface area contributed by atoms with Gasteiger partial charge in [0, 0.05) is 29.4 Å². The van der Waals surface area contributed by atoms with E-state index in [0.29, 0.717) is 25.9 Å². The number of sulfonamides is 1. The van der Waals surface area contributed by atoms with Gasteiger partial charge in [-0.1, -0.05) is 6.07 Å². The third-order valence-corrected chi connectivity index (χ3v) is 10.0. The van der Waals surface area contributed by atoms with E-state index in [1.165, 1.54) is 26.9 Å². The lowest BCUT2D eigenvalue weighted by Gasteiger charge is -2.40. The maximum atomic E-state index is 13.7. The van der Waals surface area contributed by atoms with Gasteiger partial charge in [0.1, 0.15) is 5.82 Å². The lowest BCUT2D eigenvalue weighted by molar-refractivity contribution is -0.138. The molecule has 1 aromatic carbocycles. The topological polar surface area (TPSA) is 57.7 Å². The Morgan fingerprint density at radius 3 is 2.59 bits per heavy atom. The number of piperidine rings is 1. The highest BCUT2D eigenvalue weighted by Crippen LogP contribution is 2.40. The molecule has 1 saturated heterocycles. The largest absolute Gasteiger partial charge is 0.330 e. The van der Waals surface area contributed by atoms with Gasteiger partial charge in [0.25, 0.3) is 0 Å². The molecule has 32 heavy (non-hydrogen) atoms. The highest BCUT2D eigenvalue weighted by atomic mass is 32.2. The summed E-state index contributed by atoms with van der Waals surface area (Å²) in [6, 6.07) is 10.9. The maximum Gasteiger partial charge on any atom is 0.243 e. The van der Waals surface area contributed by atoms with Crippen LogP contribution in [0.1, 0.15) is 34.2 Å². The molecule has 1 fully saturated rings. The number of hydrogen-bond acceptors (Lipinski definition) is 5. The van der Waals surface area contributed by atoms with Crippen molar-refractivity contribution >= 4 is 38.6 Å².